The number of nitrogens with two attached hydrogens (primary N) is 1. The fourth-order valence-electron chi connectivity index (χ4n) is 4.19. The van der Waals surface area contributed by atoms with Gasteiger partial charge in [0.2, 0.25) is 0 Å². The van der Waals surface area contributed by atoms with Gasteiger partial charge in [-0.25, -0.2) is 0 Å². The Morgan fingerprint density at radius 2 is 1.62 bits per heavy atom. The van der Waals surface area contributed by atoms with E-state index in [9.17, 15) is 0 Å². The van der Waals surface area contributed by atoms with Crippen molar-refractivity contribution < 1.29 is 9.47 Å². The highest BCUT2D eigenvalue weighted by atomic mass is 16.5. The van der Waals surface area contributed by atoms with Gasteiger partial charge in [-0.15, -0.1) is 0 Å². The average molecular weight is 290 g/mol. The van der Waals surface area contributed by atoms with Gasteiger partial charge >= 0.3 is 0 Å². The minimum Gasteiger partial charge on any atom is -0.496 e. The number of ether oxygens (including phenoxy) is 2. The van der Waals surface area contributed by atoms with Crippen molar-refractivity contribution in [2.75, 3.05) is 21.3 Å². The molecule has 2 saturated heterocycles. The predicted molar refractivity (Wildman–Crippen MR) is 83.8 cm³/mol. The summed E-state index contributed by atoms with van der Waals surface area (Å²) >= 11 is 0. The number of methoxy groups -OCH3 is 2. The summed E-state index contributed by atoms with van der Waals surface area (Å²) < 4.78 is 11.0. The summed E-state index contributed by atoms with van der Waals surface area (Å²) in [5.74, 6) is 2.19. The van der Waals surface area contributed by atoms with E-state index < -0.39 is 0 Å². The quantitative estimate of drug-likeness (QED) is 0.926. The van der Waals surface area contributed by atoms with Crippen molar-refractivity contribution in [2.45, 2.75) is 43.8 Å². The van der Waals surface area contributed by atoms with Crippen LogP contribution < -0.4 is 15.2 Å². The molecule has 0 aliphatic carbocycles. The van der Waals surface area contributed by atoms with Crippen molar-refractivity contribution in [1.29, 1.82) is 0 Å². The van der Waals surface area contributed by atoms with Gasteiger partial charge in [-0.3, -0.25) is 0 Å². The summed E-state index contributed by atoms with van der Waals surface area (Å²) in [5, 5.41) is 0. The van der Waals surface area contributed by atoms with E-state index in [1.165, 1.54) is 25.7 Å². The third kappa shape index (κ3) is 2.51. The lowest BCUT2D eigenvalue weighted by atomic mass is 9.82. The molecule has 3 atom stereocenters. The maximum Gasteiger partial charge on any atom is 0.127 e. The zero-order chi connectivity index (χ0) is 15.0. The van der Waals surface area contributed by atoms with Crippen LogP contribution in [0.3, 0.4) is 0 Å². The van der Waals surface area contributed by atoms with Crippen molar-refractivity contribution in [3.63, 3.8) is 0 Å². The standard InChI is InChI=1S/C17H26N2O2/c1-19-12-7-8-13(19)10-11(9-12)17(18)16-14(20-2)5-4-6-15(16)21-3/h4-6,11-13,17H,7-10,18H2,1-3H3. The first-order valence-corrected chi connectivity index (χ1v) is 7.84. The van der Waals surface area contributed by atoms with Gasteiger partial charge < -0.3 is 20.1 Å². The molecule has 21 heavy (non-hydrogen) atoms. The lowest BCUT2D eigenvalue weighted by molar-refractivity contribution is 0.119. The maximum atomic E-state index is 6.64. The Balaban J connectivity index is 1.87. The fraction of sp³-hybridized carbons (Fsp3) is 0.647. The first-order valence-electron chi connectivity index (χ1n) is 7.84. The molecule has 2 aliphatic heterocycles. The Kier molecular flexibility index (Phi) is 4.09. The van der Waals surface area contributed by atoms with Crippen molar-refractivity contribution in [1.82, 2.24) is 4.90 Å². The summed E-state index contributed by atoms with van der Waals surface area (Å²) in [5.41, 5.74) is 7.67. The number of hydrogen-bond donors (Lipinski definition) is 1. The van der Waals surface area contributed by atoms with Gasteiger partial charge in [-0.05, 0) is 50.8 Å². The molecule has 4 heteroatoms. The van der Waals surface area contributed by atoms with Crippen LogP contribution in [-0.4, -0.2) is 38.3 Å². The first-order chi connectivity index (χ1) is 10.2. The summed E-state index contributed by atoms with van der Waals surface area (Å²) in [6, 6.07) is 7.27. The van der Waals surface area contributed by atoms with E-state index in [-0.39, 0.29) is 6.04 Å². The number of rotatable bonds is 4. The van der Waals surface area contributed by atoms with Crippen molar-refractivity contribution >= 4 is 0 Å². The fourth-order valence-corrected chi connectivity index (χ4v) is 4.19. The Hall–Kier alpha value is -1.26. The van der Waals surface area contributed by atoms with Gasteiger partial charge in [-0.2, -0.15) is 0 Å². The van der Waals surface area contributed by atoms with Crippen LogP contribution in [0.2, 0.25) is 0 Å². The molecule has 116 valence electrons. The van der Waals surface area contributed by atoms with E-state index in [1.54, 1.807) is 14.2 Å². The topological polar surface area (TPSA) is 47.7 Å². The Morgan fingerprint density at radius 1 is 1.10 bits per heavy atom. The molecule has 0 aromatic heterocycles. The molecular formula is C17H26N2O2. The maximum absolute atomic E-state index is 6.64. The SMILES string of the molecule is COc1cccc(OC)c1C(N)C1CC2CCC(C1)N2C. The zero-order valence-electron chi connectivity index (χ0n) is 13.2. The van der Waals surface area contributed by atoms with Crippen molar-refractivity contribution in [3.05, 3.63) is 23.8 Å². The molecule has 1 aromatic carbocycles. The van der Waals surface area contributed by atoms with Gasteiger partial charge in [0.25, 0.3) is 0 Å². The van der Waals surface area contributed by atoms with E-state index in [1.807, 2.05) is 18.2 Å². The number of piperidine rings is 1. The first kappa shape index (κ1) is 14.7. The van der Waals surface area contributed by atoms with E-state index in [0.29, 0.717) is 18.0 Å². The molecular weight excluding hydrogens is 264 g/mol. The zero-order valence-corrected chi connectivity index (χ0v) is 13.2. The van der Waals surface area contributed by atoms with E-state index >= 15 is 0 Å². The molecule has 2 heterocycles. The Labute approximate surface area is 127 Å². The highest BCUT2D eigenvalue weighted by molar-refractivity contribution is 5.47. The van der Waals surface area contributed by atoms with Gasteiger partial charge in [0.05, 0.1) is 19.8 Å². The van der Waals surface area contributed by atoms with E-state index in [4.69, 9.17) is 15.2 Å². The molecule has 4 nitrogen and oxygen atoms in total. The second kappa shape index (κ2) is 5.85. The number of benzene rings is 1. The lowest BCUT2D eigenvalue weighted by Crippen LogP contribution is -2.42. The van der Waals surface area contributed by atoms with E-state index in [0.717, 1.165) is 17.1 Å². The highest BCUT2D eigenvalue weighted by Crippen LogP contribution is 2.45. The number of nitrogens with zero attached hydrogens (tertiary/aromatic N) is 1. The van der Waals surface area contributed by atoms with Crippen molar-refractivity contribution in [2.24, 2.45) is 11.7 Å². The third-order valence-corrected chi connectivity index (χ3v) is 5.44. The minimum absolute atomic E-state index is 0.0205. The molecule has 1 aromatic rings. The monoisotopic (exact) mass is 290 g/mol. The van der Waals surface area contributed by atoms with Crippen LogP contribution in [0.25, 0.3) is 0 Å². The second-order valence-electron chi connectivity index (χ2n) is 6.38. The Morgan fingerprint density at radius 3 is 2.10 bits per heavy atom. The van der Waals surface area contributed by atoms with Crippen LogP contribution in [0.5, 0.6) is 11.5 Å². The molecule has 3 rings (SSSR count). The van der Waals surface area contributed by atoms with Gasteiger partial charge in [-0.1, -0.05) is 6.07 Å². The van der Waals surface area contributed by atoms with Gasteiger partial charge in [0.1, 0.15) is 11.5 Å². The Bertz CT molecular complexity index is 469. The molecule has 2 aliphatic rings. The van der Waals surface area contributed by atoms with Crippen molar-refractivity contribution in [3.8, 4) is 11.5 Å². The van der Waals surface area contributed by atoms with Gasteiger partial charge in [0, 0.05) is 18.1 Å². The smallest absolute Gasteiger partial charge is 0.127 e. The summed E-state index contributed by atoms with van der Waals surface area (Å²) in [4.78, 5) is 2.54. The van der Waals surface area contributed by atoms with Crippen LogP contribution in [0.1, 0.15) is 37.3 Å². The van der Waals surface area contributed by atoms with Crippen LogP contribution in [-0.2, 0) is 0 Å². The van der Waals surface area contributed by atoms with Crippen LogP contribution in [0.4, 0.5) is 0 Å². The molecule has 2 bridgehead atoms. The largest absolute Gasteiger partial charge is 0.496 e. The molecule has 0 saturated carbocycles. The normalized spacial score (nSPS) is 30.2. The summed E-state index contributed by atoms with van der Waals surface area (Å²) in [7, 11) is 5.65. The second-order valence-corrected chi connectivity index (χ2v) is 6.38. The summed E-state index contributed by atoms with van der Waals surface area (Å²) in [6.07, 6.45) is 4.98. The van der Waals surface area contributed by atoms with Crippen LogP contribution >= 0.6 is 0 Å². The van der Waals surface area contributed by atoms with Gasteiger partial charge in [0.15, 0.2) is 0 Å². The molecule has 2 fully saturated rings. The third-order valence-electron chi connectivity index (χ3n) is 5.44. The minimum atomic E-state index is -0.0205. The lowest BCUT2D eigenvalue weighted by Gasteiger charge is -2.39. The van der Waals surface area contributed by atoms with Crippen LogP contribution in [0.15, 0.2) is 18.2 Å². The molecule has 0 amide bonds. The van der Waals surface area contributed by atoms with Crippen LogP contribution in [0, 0.1) is 5.92 Å². The average Bonchev–Trinajstić information content (AvgIpc) is 2.74. The molecule has 0 radical (unpaired) electrons. The molecule has 3 unspecified atom stereocenters. The number of fused-ring (bicyclic) bond motifs is 2. The molecule has 2 N–H and O–H groups in total. The predicted octanol–water partition coefficient (Wildman–Crippen LogP) is 2.58. The summed E-state index contributed by atoms with van der Waals surface area (Å²) in [6.45, 7) is 0. The highest BCUT2D eigenvalue weighted by Gasteiger charge is 2.41. The number of hydrogen-bond acceptors (Lipinski definition) is 4. The molecule has 0 spiro atoms. The van der Waals surface area contributed by atoms with E-state index in [2.05, 4.69) is 11.9 Å².